The lowest BCUT2D eigenvalue weighted by Gasteiger charge is -2.26. The first-order valence-electron chi connectivity index (χ1n) is 7.42. The molecule has 0 radical (unpaired) electrons. The summed E-state index contributed by atoms with van der Waals surface area (Å²) in [6, 6.07) is 13.5. The van der Waals surface area contributed by atoms with E-state index in [1.165, 1.54) is 18.9 Å². The molecule has 1 atom stereocenters. The summed E-state index contributed by atoms with van der Waals surface area (Å²) in [5.41, 5.74) is -0.491. The number of amides is 1. The van der Waals surface area contributed by atoms with E-state index < -0.39 is 23.9 Å². The van der Waals surface area contributed by atoms with Gasteiger partial charge in [-0.15, -0.1) is 0 Å². The number of anilines is 2. The van der Waals surface area contributed by atoms with Gasteiger partial charge in [-0.05, 0) is 31.2 Å². The van der Waals surface area contributed by atoms with Gasteiger partial charge in [-0.3, -0.25) is 9.69 Å². The standard InChI is InChI=1S/C18H16F3NO2/c1-17(11-18(19,20)21)15-13(9-6-10-14(15)24-2)22(16(17)23)12-7-4-3-5-8-12/h3-10H,11H2,1-2H3/t17-/m0/s1. The van der Waals surface area contributed by atoms with Gasteiger partial charge < -0.3 is 4.74 Å². The number of hydrogen-bond donors (Lipinski definition) is 0. The predicted molar refractivity (Wildman–Crippen MR) is 84.6 cm³/mol. The molecule has 24 heavy (non-hydrogen) atoms. The first kappa shape index (κ1) is 16.4. The number of halogens is 3. The molecule has 2 aromatic rings. The first-order valence-corrected chi connectivity index (χ1v) is 7.42. The van der Waals surface area contributed by atoms with Gasteiger partial charge >= 0.3 is 6.18 Å². The normalized spacial score (nSPS) is 20.2. The first-order chi connectivity index (χ1) is 11.3. The molecule has 0 aliphatic carbocycles. The zero-order valence-corrected chi connectivity index (χ0v) is 13.2. The average molecular weight is 335 g/mol. The second kappa shape index (κ2) is 5.54. The maximum Gasteiger partial charge on any atom is 0.390 e. The van der Waals surface area contributed by atoms with E-state index in [4.69, 9.17) is 4.74 Å². The fourth-order valence-corrected chi connectivity index (χ4v) is 3.29. The third-order valence-electron chi connectivity index (χ3n) is 4.26. The Kier molecular flexibility index (Phi) is 3.78. The molecule has 6 heteroatoms. The monoisotopic (exact) mass is 335 g/mol. The van der Waals surface area contributed by atoms with Crippen LogP contribution in [-0.4, -0.2) is 19.2 Å². The van der Waals surface area contributed by atoms with Crippen LogP contribution >= 0.6 is 0 Å². The van der Waals surface area contributed by atoms with E-state index in [2.05, 4.69) is 0 Å². The molecular weight excluding hydrogens is 319 g/mol. The topological polar surface area (TPSA) is 29.5 Å². The minimum atomic E-state index is -4.48. The molecule has 0 saturated carbocycles. The summed E-state index contributed by atoms with van der Waals surface area (Å²) in [5, 5.41) is 0. The van der Waals surface area contributed by atoms with Crippen molar-refractivity contribution >= 4 is 17.3 Å². The molecule has 1 heterocycles. The van der Waals surface area contributed by atoms with E-state index in [1.807, 2.05) is 0 Å². The van der Waals surface area contributed by atoms with E-state index in [0.29, 0.717) is 11.4 Å². The fraction of sp³-hybridized carbons (Fsp3) is 0.278. The van der Waals surface area contributed by atoms with Gasteiger partial charge in [0.2, 0.25) is 5.91 Å². The van der Waals surface area contributed by atoms with Gasteiger partial charge in [-0.2, -0.15) is 13.2 Å². The summed E-state index contributed by atoms with van der Waals surface area (Å²) in [7, 11) is 1.39. The van der Waals surface area contributed by atoms with Crippen molar-refractivity contribution in [1.29, 1.82) is 0 Å². The molecule has 0 spiro atoms. The Labute approximate surface area is 137 Å². The van der Waals surface area contributed by atoms with E-state index in [1.54, 1.807) is 48.5 Å². The summed E-state index contributed by atoms with van der Waals surface area (Å²) < 4.78 is 44.8. The Hall–Kier alpha value is -2.50. The van der Waals surface area contributed by atoms with Gasteiger partial charge in [0.25, 0.3) is 0 Å². The van der Waals surface area contributed by atoms with Crippen molar-refractivity contribution in [3.05, 3.63) is 54.1 Å². The van der Waals surface area contributed by atoms with Crippen molar-refractivity contribution in [1.82, 2.24) is 0 Å². The molecule has 0 unspecified atom stereocenters. The largest absolute Gasteiger partial charge is 0.496 e. The van der Waals surface area contributed by atoms with Gasteiger partial charge in [0.05, 0.1) is 24.6 Å². The van der Waals surface area contributed by atoms with E-state index in [0.717, 1.165) is 0 Å². The van der Waals surface area contributed by atoms with Crippen LogP contribution in [0.1, 0.15) is 18.9 Å². The molecular formula is C18H16F3NO2. The molecule has 126 valence electrons. The van der Waals surface area contributed by atoms with Crippen molar-refractivity contribution in [2.45, 2.75) is 24.9 Å². The lowest BCUT2D eigenvalue weighted by molar-refractivity contribution is -0.154. The maximum atomic E-state index is 13.2. The number of rotatable bonds is 3. The van der Waals surface area contributed by atoms with Gasteiger partial charge in [0.1, 0.15) is 5.75 Å². The van der Waals surface area contributed by atoms with Gasteiger partial charge in [-0.1, -0.05) is 24.3 Å². The van der Waals surface area contributed by atoms with Crippen LogP contribution in [0.4, 0.5) is 24.5 Å². The second-order valence-corrected chi connectivity index (χ2v) is 5.95. The van der Waals surface area contributed by atoms with Gasteiger partial charge in [-0.25, -0.2) is 0 Å². The Morgan fingerprint density at radius 1 is 1.08 bits per heavy atom. The minimum Gasteiger partial charge on any atom is -0.496 e. The summed E-state index contributed by atoms with van der Waals surface area (Å²) in [6.45, 7) is 1.33. The molecule has 0 saturated heterocycles. The highest BCUT2D eigenvalue weighted by atomic mass is 19.4. The van der Waals surface area contributed by atoms with Crippen molar-refractivity contribution in [2.75, 3.05) is 12.0 Å². The van der Waals surface area contributed by atoms with Crippen LogP contribution in [0, 0.1) is 0 Å². The molecule has 0 fully saturated rings. The zero-order chi connectivity index (χ0) is 17.5. The molecule has 1 aliphatic rings. The van der Waals surface area contributed by atoms with Crippen LogP contribution < -0.4 is 9.64 Å². The van der Waals surface area contributed by atoms with E-state index in [9.17, 15) is 18.0 Å². The Morgan fingerprint density at radius 3 is 2.33 bits per heavy atom. The number of fused-ring (bicyclic) bond motifs is 1. The number of nitrogens with zero attached hydrogens (tertiary/aromatic N) is 1. The lowest BCUT2D eigenvalue weighted by atomic mass is 9.80. The fourth-order valence-electron chi connectivity index (χ4n) is 3.29. The highest BCUT2D eigenvalue weighted by Gasteiger charge is 2.55. The van der Waals surface area contributed by atoms with Crippen molar-refractivity contribution < 1.29 is 22.7 Å². The smallest absolute Gasteiger partial charge is 0.390 e. The summed E-state index contributed by atoms with van der Waals surface area (Å²) in [6.07, 6.45) is -5.72. The Morgan fingerprint density at radius 2 is 1.75 bits per heavy atom. The van der Waals surface area contributed by atoms with Crippen LogP contribution in [0.3, 0.4) is 0 Å². The number of alkyl halides is 3. The number of methoxy groups -OCH3 is 1. The number of carbonyl (C=O) groups is 1. The number of ether oxygens (including phenoxy) is 1. The van der Waals surface area contributed by atoms with E-state index in [-0.39, 0.29) is 11.3 Å². The van der Waals surface area contributed by atoms with Crippen LogP contribution in [0.5, 0.6) is 5.75 Å². The molecule has 0 bridgehead atoms. The van der Waals surface area contributed by atoms with Crippen LogP contribution in [0.2, 0.25) is 0 Å². The lowest BCUT2D eigenvalue weighted by Crippen LogP contribution is -2.39. The zero-order valence-electron chi connectivity index (χ0n) is 13.2. The third-order valence-corrected chi connectivity index (χ3v) is 4.26. The van der Waals surface area contributed by atoms with Crippen LogP contribution in [0.15, 0.2) is 48.5 Å². The molecule has 0 N–H and O–H groups in total. The Bertz CT molecular complexity index is 774. The highest BCUT2D eigenvalue weighted by molar-refractivity contribution is 6.13. The Balaban J connectivity index is 2.23. The molecule has 3 rings (SSSR count). The second-order valence-electron chi connectivity index (χ2n) is 5.95. The third kappa shape index (κ3) is 2.52. The summed E-state index contributed by atoms with van der Waals surface area (Å²) in [5.74, 6) is -0.323. The van der Waals surface area contributed by atoms with Crippen molar-refractivity contribution in [2.24, 2.45) is 0 Å². The number of benzene rings is 2. The highest BCUT2D eigenvalue weighted by Crippen LogP contribution is 2.53. The minimum absolute atomic E-state index is 0.277. The number of para-hydroxylation sites is 1. The predicted octanol–water partition coefficient (Wildman–Crippen LogP) is 4.58. The van der Waals surface area contributed by atoms with Crippen molar-refractivity contribution in [3.63, 3.8) is 0 Å². The average Bonchev–Trinajstić information content (AvgIpc) is 2.74. The van der Waals surface area contributed by atoms with Gasteiger partial charge in [0.15, 0.2) is 0 Å². The summed E-state index contributed by atoms with van der Waals surface area (Å²) >= 11 is 0. The quantitative estimate of drug-likeness (QED) is 0.821. The number of hydrogen-bond acceptors (Lipinski definition) is 2. The SMILES string of the molecule is COc1cccc2c1[C@](C)(CC(F)(F)F)C(=O)N2c1ccccc1. The summed E-state index contributed by atoms with van der Waals surface area (Å²) in [4.78, 5) is 14.3. The van der Waals surface area contributed by atoms with Crippen LogP contribution in [0.25, 0.3) is 0 Å². The number of carbonyl (C=O) groups excluding carboxylic acids is 1. The molecule has 1 aliphatic heterocycles. The van der Waals surface area contributed by atoms with Gasteiger partial charge in [0, 0.05) is 11.3 Å². The van der Waals surface area contributed by atoms with Crippen LogP contribution in [-0.2, 0) is 10.2 Å². The molecule has 1 amide bonds. The van der Waals surface area contributed by atoms with E-state index >= 15 is 0 Å². The molecule has 2 aromatic carbocycles. The molecule has 3 nitrogen and oxygen atoms in total. The van der Waals surface area contributed by atoms with Crippen molar-refractivity contribution in [3.8, 4) is 5.75 Å². The molecule has 0 aromatic heterocycles. The maximum absolute atomic E-state index is 13.2.